The van der Waals surface area contributed by atoms with Gasteiger partial charge in [-0.15, -0.1) is 23.2 Å². The first-order valence-corrected chi connectivity index (χ1v) is 14.8. The Morgan fingerprint density at radius 3 is 1.37 bits per heavy atom. The molecule has 4 nitrogen and oxygen atoms in total. The second kappa shape index (κ2) is 13.0. The molecular weight excluding hydrogens is 577 g/mol. The number of unbranched alkanes of at least 4 members (excludes halogenated alkanes) is 2. The van der Waals surface area contributed by atoms with Crippen molar-refractivity contribution in [3.05, 3.63) is 10.1 Å². The Labute approximate surface area is 239 Å². The summed E-state index contributed by atoms with van der Waals surface area (Å²) in [6.45, 7) is 8.63. The number of halogens is 6. The van der Waals surface area contributed by atoms with Crippen LogP contribution >= 0.6 is 69.6 Å². The lowest BCUT2D eigenvalue weighted by Gasteiger charge is -2.34. The van der Waals surface area contributed by atoms with Gasteiger partial charge in [-0.3, -0.25) is 9.59 Å². The maximum atomic E-state index is 13.5. The maximum Gasteiger partial charge on any atom is 0.312 e. The highest BCUT2D eigenvalue weighted by molar-refractivity contribution is 6.66. The summed E-state index contributed by atoms with van der Waals surface area (Å²) in [7, 11) is 0. The molecule has 0 unspecified atom stereocenters. The van der Waals surface area contributed by atoms with E-state index in [1.165, 1.54) is 0 Å². The van der Waals surface area contributed by atoms with Gasteiger partial charge in [0.25, 0.3) is 0 Å². The molecule has 2 rings (SSSR count). The van der Waals surface area contributed by atoms with E-state index in [0.717, 1.165) is 51.4 Å². The van der Waals surface area contributed by atoms with Crippen LogP contribution in [0, 0.1) is 23.7 Å². The molecule has 0 N–H and O–H groups in total. The Hall–Kier alpha value is 0.420. The van der Waals surface area contributed by atoms with Crippen LogP contribution in [0.2, 0.25) is 0 Å². The van der Waals surface area contributed by atoms with Gasteiger partial charge in [-0.1, -0.05) is 113 Å². The third-order valence-corrected chi connectivity index (χ3v) is 11.7. The van der Waals surface area contributed by atoms with Gasteiger partial charge in [0.05, 0.1) is 35.1 Å². The van der Waals surface area contributed by atoms with Gasteiger partial charge >= 0.3 is 11.9 Å². The predicted molar refractivity (Wildman–Crippen MR) is 146 cm³/mol. The summed E-state index contributed by atoms with van der Waals surface area (Å²) in [5, 5.41) is -0.307. The molecule has 0 aromatic carbocycles. The number of alkyl halides is 4. The van der Waals surface area contributed by atoms with E-state index in [4.69, 9.17) is 79.1 Å². The lowest BCUT2D eigenvalue weighted by molar-refractivity contribution is -0.162. The number of fused-ring (bicyclic) bond motifs is 2. The van der Waals surface area contributed by atoms with E-state index in [-0.39, 0.29) is 35.1 Å². The highest BCUT2D eigenvalue weighted by Gasteiger charge is 2.86. The van der Waals surface area contributed by atoms with Crippen molar-refractivity contribution in [1.29, 1.82) is 0 Å². The molecule has 6 atom stereocenters. The number of rotatable bonds is 14. The molecule has 0 spiro atoms. The van der Waals surface area contributed by atoms with Crippen LogP contribution < -0.4 is 0 Å². The molecule has 35 heavy (non-hydrogen) atoms. The van der Waals surface area contributed by atoms with E-state index in [1.54, 1.807) is 0 Å². The fraction of sp³-hybridized carbons (Fsp3) is 0.840. The van der Waals surface area contributed by atoms with Gasteiger partial charge in [0.15, 0.2) is 4.33 Å². The number of hydrogen-bond donors (Lipinski definition) is 0. The Kier molecular flexibility index (Phi) is 11.7. The standard InChI is InChI=1S/C25H36Cl6O4/c1-5-9-11-15(7-3)13-34-21(32)17-18(22(33)35-14-16(8-4)12-10-6-2)24(29)20(27)19(26)23(17,28)25(24,30)31/h15-18H,5-14H2,1-4H3/t15-,16-,17-,18+,23-,24-/m0/s1. The fourth-order valence-corrected chi connectivity index (χ4v) is 7.88. The molecular formula is C25H36Cl6O4. The normalized spacial score (nSPS) is 30.9. The molecule has 0 amide bonds. The summed E-state index contributed by atoms with van der Waals surface area (Å²) in [6, 6.07) is 0. The lowest BCUT2D eigenvalue weighted by atomic mass is 9.81. The van der Waals surface area contributed by atoms with Crippen LogP contribution in [-0.4, -0.2) is 39.2 Å². The molecule has 0 aromatic heterocycles. The Balaban J connectivity index is 2.35. The van der Waals surface area contributed by atoms with Crippen molar-refractivity contribution >= 4 is 81.5 Å². The van der Waals surface area contributed by atoms with Crippen LogP contribution in [0.15, 0.2) is 10.1 Å². The zero-order valence-corrected chi connectivity index (χ0v) is 25.3. The van der Waals surface area contributed by atoms with Crippen LogP contribution in [0.25, 0.3) is 0 Å². The number of carbonyl (C=O) groups is 2. The lowest BCUT2D eigenvalue weighted by Crippen LogP contribution is -2.47. The van der Waals surface area contributed by atoms with Crippen molar-refractivity contribution in [3.63, 3.8) is 0 Å². The summed E-state index contributed by atoms with van der Waals surface area (Å²) in [6.07, 6.45) is 7.63. The van der Waals surface area contributed by atoms with Crippen LogP contribution in [0.4, 0.5) is 0 Å². The van der Waals surface area contributed by atoms with Crippen molar-refractivity contribution in [2.45, 2.75) is 93.1 Å². The molecule has 10 heteroatoms. The summed E-state index contributed by atoms with van der Waals surface area (Å²) in [5.41, 5.74) is 0. The fourth-order valence-electron chi connectivity index (χ4n) is 4.96. The molecule has 2 aliphatic carbocycles. The minimum Gasteiger partial charge on any atom is -0.465 e. The van der Waals surface area contributed by atoms with Gasteiger partial charge in [0.2, 0.25) is 0 Å². The van der Waals surface area contributed by atoms with Crippen molar-refractivity contribution < 1.29 is 19.1 Å². The Morgan fingerprint density at radius 1 is 0.743 bits per heavy atom. The largest absolute Gasteiger partial charge is 0.465 e. The van der Waals surface area contributed by atoms with E-state index in [9.17, 15) is 9.59 Å². The van der Waals surface area contributed by atoms with E-state index in [2.05, 4.69) is 13.8 Å². The number of allylic oxidation sites excluding steroid dienone is 2. The van der Waals surface area contributed by atoms with Crippen molar-refractivity contribution in [2.75, 3.05) is 13.2 Å². The number of ether oxygens (including phenoxy) is 2. The second-order valence-electron chi connectivity index (χ2n) is 9.67. The molecule has 202 valence electrons. The minimum absolute atomic E-state index is 0.153. The monoisotopic (exact) mass is 610 g/mol. The first kappa shape index (κ1) is 31.6. The third kappa shape index (κ3) is 5.59. The van der Waals surface area contributed by atoms with Crippen LogP contribution in [0.1, 0.15) is 79.1 Å². The summed E-state index contributed by atoms with van der Waals surface area (Å²) >= 11 is 40.0. The number of esters is 2. The second-order valence-corrected chi connectivity index (χ2v) is 12.9. The van der Waals surface area contributed by atoms with Gasteiger partial charge in [-0.25, -0.2) is 0 Å². The zero-order valence-electron chi connectivity index (χ0n) is 20.8. The van der Waals surface area contributed by atoms with E-state index in [1.807, 2.05) is 13.8 Å². The van der Waals surface area contributed by atoms with Gasteiger partial charge in [0, 0.05) is 0 Å². The van der Waals surface area contributed by atoms with E-state index in [0.29, 0.717) is 0 Å². The molecule has 2 aliphatic rings. The van der Waals surface area contributed by atoms with Crippen molar-refractivity contribution in [1.82, 2.24) is 0 Å². The summed E-state index contributed by atoms with van der Waals surface area (Å²) in [4.78, 5) is 23.0. The van der Waals surface area contributed by atoms with Crippen LogP contribution in [0.3, 0.4) is 0 Å². The van der Waals surface area contributed by atoms with Gasteiger partial charge in [0.1, 0.15) is 9.75 Å². The minimum atomic E-state index is -2.05. The first-order valence-electron chi connectivity index (χ1n) is 12.5. The highest BCUT2D eigenvalue weighted by atomic mass is 35.5. The molecule has 0 aromatic rings. The van der Waals surface area contributed by atoms with Gasteiger partial charge in [-0.05, 0) is 24.7 Å². The Bertz CT molecular complexity index is 741. The molecule has 0 saturated heterocycles. The average molecular weight is 613 g/mol. The van der Waals surface area contributed by atoms with Crippen molar-refractivity contribution in [2.24, 2.45) is 23.7 Å². The average Bonchev–Trinajstić information content (AvgIpc) is 3.04. The SMILES string of the molecule is CCCC[C@H](CC)COC(=O)[C@@H]1[C@H](C(=O)OC[C@@H](CC)CCCC)[C@]2(Cl)C(Cl)=C(Cl)[C@]1(Cl)C2(Cl)Cl. The molecule has 0 aliphatic heterocycles. The number of hydrogen-bond acceptors (Lipinski definition) is 4. The maximum absolute atomic E-state index is 13.5. The quantitative estimate of drug-likeness (QED) is 0.146. The molecule has 0 heterocycles. The number of carbonyl (C=O) groups excluding carboxylic acids is 2. The molecule has 0 radical (unpaired) electrons. The first-order chi connectivity index (χ1) is 16.4. The van der Waals surface area contributed by atoms with Gasteiger partial charge in [-0.2, -0.15) is 0 Å². The van der Waals surface area contributed by atoms with E-state index < -0.39 is 37.9 Å². The third-order valence-electron chi connectivity index (χ3n) is 7.45. The highest BCUT2D eigenvalue weighted by Crippen LogP contribution is 2.76. The summed E-state index contributed by atoms with van der Waals surface area (Å²) < 4.78 is 9.28. The van der Waals surface area contributed by atoms with Gasteiger partial charge < -0.3 is 9.47 Å². The Morgan fingerprint density at radius 2 is 1.09 bits per heavy atom. The zero-order chi connectivity index (χ0) is 26.6. The molecule has 1 saturated carbocycles. The molecule has 1 fully saturated rings. The predicted octanol–water partition coefficient (Wildman–Crippen LogP) is 8.58. The smallest absolute Gasteiger partial charge is 0.312 e. The van der Waals surface area contributed by atoms with Crippen LogP contribution in [-0.2, 0) is 19.1 Å². The van der Waals surface area contributed by atoms with Crippen LogP contribution in [0.5, 0.6) is 0 Å². The molecule has 2 bridgehead atoms. The van der Waals surface area contributed by atoms with E-state index >= 15 is 0 Å². The summed E-state index contributed by atoms with van der Waals surface area (Å²) in [5.74, 6) is -3.86. The topological polar surface area (TPSA) is 52.6 Å². The van der Waals surface area contributed by atoms with Crippen molar-refractivity contribution in [3.8, 4) is 0 Å².